The van der Waals surface area contributed by atoms with E-state index in [1.807, 2.05) is 6.92 Å². The van der Waals surface area contributed by atoms with Crippen molar-refractivity contribution in [2.45, 2.75) is 13.3 Å². The molecule has 0 aliphatic heterocycles. The Kier molecular flexibility index (Phi) is 212. The normalized spacial score (nSPS) is 3.00. The molecule has 0 aliphatic rings. The van der Waals surface area contributed by atoms with Gasteiger partial charge in [-0.2, -0.15) is 6.42 Å². The van der Waals surface area contributed by atoms with Gasteiger partial charge in [-0.05, 0) is 0 Å². The molecule has 0 aromatic heterocycles. The molecule has 0 aromatic rings. The van der Waals surface area contributed by atoms with Gasteiger partial charge in [-0.25, -0.2) is 0 Å². The number of rotatable bonds is 0. The fourth-order valence-electron chi connectivity index (χ4n) is 0. The van der Waals surface area contributed by atoms with Crippen LogP contribution in [0.25, 0.3) is 0 Å². The van der Waals surface area contributed by atoms with Gasteiger partial charge in [-0.15, -0.1) is 0 Å². The Balaban J connectivity index is -0.00000000667. The van der Waals surface area contributed by atoms with Gasteiger partial charge in [0, 0.05) is 0 Å². The molecular weight excluding hydrogens is 88.3 g/mol. The first-order valence-corrected chi connectivity index (χ1v) is 1.21. The second-order valence-corrected chi connectivity index (χ2v) is 0.500. The van der Waals surface area contributed by atoms with Crippen LogP contribution >= 0.6 is 0 Å². The molecule has 0 unspecified atom stereocenters. The standard InChI is InChI=1S/C3H7.CH3.Mg.H2O/c1-3-2;;;/h1,3H2,2H3;1H3;;1H2/q2*-1;+2;. The Hall–Kier alpha value is 0.726. The maximum absolute atomic E-state index is 3.49. The van der Waals surface area contributed by atoms with Gasteiger partial charge in [-0.3, -0.25) is 0 Å². The minimum Gasteiger partial charge on any atom is -0.412 e. The van der Waals surface area contributed by atoms with Crippen LogP contribution < -0.4 is 0 Å². The van der Waals surface area contributed by atoms with Gasteiger partial charge in [0.25, 0.3) is 0 Å². The van der Waals surface area contributed by atoms with Crippen LogP contribution in [0.2, 0.25) is 0 Å². The summed E-state index contributed by atoms with van der Waals surface area (Å²) >= 11 is 0. The maximum atomic E-state index is 3.49. The van der Waals surface area contributed by atoms with Crippen LogP contribution in [-0.4, -0.2) is 28.5 Å². The average Bonchev–Trinajstić information content (AvgIpc) is 0.918. The van der Waals surface area contributed by atoms with E-state index < -0.39 is 0 Å². The first kappa shape index (κ1) is 29.7. The molecule has 36 valence electrons. The Morgan fingerprint density at radius 2 is 1.50 bits per heavy atom. The number of hydrogen-bond donors (Lipinski definition) is 0. The summed E-state index contributed by atoms with van der Waals surface area (Å²) < 4.78 is 0. The van der Waals surface area contributed by atoms with Crippen molar-refractivity contribution in [2.75, 3.05) is 0 Å². The molecule has 2 N–H and O–H groups in total. The minimum absolute atomic E-state index is 0. The Bertz CT molecular complexity index is 7.51. The topological polar surface area (TPSA) is 31.5 Å². The zero-order valence-corrected chi connectivity index (χ0v) is 6.04. The minimum atomic E-state index is 0. The Morgan fingerprint density at radius 1 is 1.50 bits per heavy atom. The largest absolute Gasteiger partial charge is 2.00 e. The van der Waals surface area contributed by atoms with E-state index in [1.54, 1.807) is 0 Å². The van der Waals surface area contributed by atoms with Gasteiger partial charge in [-0.1, -0.05) is 6.92 Å². The van der Waals surface area contributed by atoms with Crippen LogP contribution in [-0.2, 0) is 0 Å². The molecule has 0 aliphatic carbocycles. The summed E-state index contributed by atoms with van der Waals surface area (Å²) in [6.07, 6.45) is 1.00. The predicted octanol–water partition coefficient (Wildman–Crippen LogP) is 0.475. The zero-order chi connectivity index (χ0) is 2.71. The van der Waals surface area contributed by atoms with E-state index in [2.05, 4.69) is 6.92 Å². The molecule has 0 fully saturated rings. The first-order chi connectivity index (χ1) is 1.41. The van der Waals surface area contributed by atoms with Crippen LogP contribution in [0.3, 0.4) is 0 Å². The Labute approximate surface area is 56.6 Å². The third kappa shape index (κ3) is 124. The van der Waals surface area contributed by atoms with E-state index in [9.17, 15) is 0 Å². The molecule has 0 spiro atoms. The molecule has 0 atom stereocenters. The molecule has 1 nitrogen and oxygen atoms in total. The summed E-state index contributed by atoms with van der Waals surface area (Å²) in [5.41, 5.74) is 0. The molecule has 0 radical (unpaired) electrons. The van der Waals surface area contributed by atoms with Crippen molar-refractivity contribution >= 4 is 23.1 Å². The molecule has 2 heteroatoms. The smallest absolute Gasteiger partial charge is 0.412 e. The van der Waals surface area contributed by atoms with Gasteiger partial charge in [0.2, 0.25) is 0 Å². The van der Waals surface area contributed by atoms with Crippen LogP contribution in [0.15, 0.2) is 0 Å². The molecule has 0 aromatic carbocycles. The SMILES string of the molecule is O.[CH2-]CC.[CH3-].[Mg+2]. The van der Waals surface area contributed by atoms with E-state index in [4.69, 9.17) is 0 Å². The van der Waals surface area contributed by atoms with Gasteiger partial charge < -0.3 is 19.8 Å². The monoisotopic (exact) mass is 100 g/mol. The molecule has 0 bridgehead atoms. The van der Waals surface area contributed by atoms with Crippen molar-refractivity contribution in [3.8, 4) is 0 Å². The fourth-order valence-corrected chi connectivity index (χ4v) is 0. The molecule has 0 amide bonds. The van der Waals surface area contributed by atoms with Crippen LogP contribution in [0.4, 0.5) is 0 Å². The van der Waals surface area contributed by atoms with Gasteiger partial charge >= 0.3 is 23.1 Å². The van der Waals surface area contributed by atoms with Gasteiger partial charge in [0.1, 0.15) is 0 Å². The third-order valence-corrected chi connectivity index (χ3v) is 0. The summed E-state index contributed by atoms with van der Waals surface area (Å²) in [6.45, 7) is 5.50. The fraction of sp³-hybridized carbons (Fsp3) is 0.500. The van der Waals surface area contributed by atoms with Crippen molar-refractivity contribution in [1.82, 2.24) is 0 Å². The van der Waals surface area contributed by atoms with Crippen LogP contribution in [0, 0.1) is 14.4 Å². The maximum Gasteiger partial charge on any atom is 2.00 e. The van der Waals surface area contributed by atoms with Crippen molar-refractivity contribution in [3.05, 3.63) is 14.4 Å². The van der Waals surface area contributed by atoms with E-state index in [0.717, 1.165) is 6.42 Å². The van der Waals surface area contributed by atoms with Crippen molar-refractivity contribution < 1.29 is 5.48 Å². The van der Waals surface area contributed by atoms with E-state index in [-0.39, 0.29) is 36.0 Å². The van der Waals surface area contributed by atoms with Crippen LogP contribution in [0.1, 0.15) is 13.3 Å². The third-order valence-electron chi connectivity index (χ3n) is 0. The second kappa shape index (κ2) is 42.9. The summed E-state index contributed by atoms with van der Waals surface area (Å²) in [4.78, 5) is 0. The van der Waals surface area contributed by atoms with Gasteiger partial charge in [0.05, 0.1) is 0 Å². The van der Waals surface area contributed by atoms with Crippen molar-refractivity contribution in [1.29, 1.82) is 0 Å². The average molecular weight is 100 g/mol. The second-order valence-electron chi connectivity index (χ2n) is 0.500. The summed E-state index contributed by atoms with van der Waals surface area (Å²) in [7, 11) is 0. The molecule has 6 heavy (non-hydrogen) atoms. The van der Waals surface area contributed by atoms with E-state index in [0.29, 0.717) is 0 Å². The summed E-state index contributed by atoms with van der Waals surface area (Å²) in [6, 6.07) is 0. The molecular formula is C4H12MgO. The first-order valence-electron chi connectivity index (χ1n) is 1.21. The summed E-state index contributed by atoms with van der Waals surface area (Å²) in [5, 5.41) is 0. The molecule has 0 heterocycles. The molecule has 0 rings (SSSR count). The summed E-state index contributed by atoms with van der Waals surface area (Å²) in [5.74, 6) is 0. The molecule has 0 saturated carbocycles. The van der Waals surface area contributed by atoms with Crippen LogP contribution in [0.5, 0.6) is 0 Å². The predicted molar refractivity (Wildman–Crippen MR) is 31.4 cm³/mol. The quantitative estimate of drug-likeness (QED) is 0.313. The van der Waals surface area contributed by atoms with Gasteiger partial charge in [0.15, 0.2) is 0 Å². The van der Waals surface area contributed by atoms with Crippen molar-refractivity contribution in [3.63, 3.8) is 0 Å². The van der Waals surface area contributed by atoms with E-state index in [1.165, 1.54) is 0 Å². The van der Waals surface area contributed by atoms with Crippen molar-refractivity contribution in [2.24, 2.45) is 0 Å². The van der Waals surface area contributed by atoms with E-state index >= 15 is 0 Å². The Morgan fingerprint density at radius 3 is 1.50 bits per heavy atom. The molecule has 0 saturated heterocycles. The zero-order valence-electron chi connectivity index (χ0n) is 4.62. The number of hydrogen-bond acceptors (Lipinski definition) is 0.